The first-order valence-electron chi connectivity index (χ1n) is 12.5. The monoisotopic (exact) mass is 473 g/mol. The molecule has 1 aliphatic carbocycles. The second-order valence-corrected chi connectivity index (χ2v) is 10.6. The van der Waals surface area contributed by atoms with Gasteiger partial charge in [0.2, 0.25) is 11.8 Å². The van der Waals surface area contributed by atoms with Gasteiger partial charge < -0.3 is 20.3 Å². The molecule has 0 saturated heterocycles. The number of alkyl carbamates (subject to hydrolysis) is 1. The van der Waals surface area contributed by atoms with Gasteiger partial charge in [0.25, 0.3) is 0 Å². The van der Waals surface area contributed by atoms with Crippen LogP contribution in [0.1, 0.15) is 96.4 Å². The lowest BCUT2D eigenvalue weighted by Crippen LogP contribution is -2.57. The quantitative estimate of drug-likeness (QED) is 0.532. The number of carbonyl (C=O) groups excluding carboxylic acids is 3. The van der Waals surface area contributed by atoms with E-state index in [0.717, 1.165) is 48.8 Å². The summed E-state index contributed by atoms with van der Waals surface area (Å²) in [6.45, 7) is 15.0. The summed E-state index contributed by atoms with van der Waals surface area (Å²) in [5.74, 6) is -0.454. The van der Waals surface area contributed by atoms with Gasteiger partial charge in [-0.25, -0.2) is 4.79 Å². The van der Waals surface area contributed by atoms with Crippen molar-refractivity contribution in [1.29, 1.82) is 0 Å². The molecule has 7 nitrogen and oxygen atoms in total. The third kappa shape index (κ3) is 7.21. The number of nitrogens with one attached hydrogen (secondary N) is 2. The van der Waals surface area contributed by atoms with Crippen molar-refractivity contribution in [2.24, 2.45) is 0 Å². The highest BCUT2D eigenvalue weighted by molar-refractivity contribution is 5.92. The van der Waals surface area contributed by atoms with E-state index in [1.165, 1.54) is 0 Å². The number of nitrogens with zero attached hydrogens (tertiary/aromatic N) is 1. The molecule has 7 heteroatoms. The van der Waals surface area contributed by atoms with E-state index < -0.39 is 23.8 Å². The van der Waals surface area contributed by atoms with Crippen LogP contribution in [0.3, 0.4) is 0 Å². The number of aryl methyl sites for hydroxylation is 2. The molecule has 0 aromatic heterocycles. The van der Waals surface area contributed by atoms with E-state index in [-0.39, 0.29) is 23.9 Å². The van der Waals surface area contributed by atoms with Crippen molar-refractivity contribution in [3.05, 3.63) is 34.9 Å². The Morgan fingerprint density at radius 3 is 2.15 bits per heavy atom. The fourth-order valence-electron chi connectivity index (χ4n) is 4.43. The maximum absolute atomic E-state index is 13.8. The zero-order valence-electron chi connectivity index (χ0n) is 22.2. The second kappa shape index (κ2) is 11.7. The largest absolute Gasteiger partial charge is 0.444 e. The summed E-state index contributed by atoms with van der Waals surface area (Å²) < 4.78 is 5.35. The Balaban J connectivity index is 2.44. The Morgan fingerprint density at radius 1 is 1.09 bits per heavy atom. The number of carbonyl (C=O) groups is 3. The van der Waals surface area contributed by atoms with E-state index in [0.29, 0.717) is 0 Å². The molecule has 0 spiro atoms. The lowest BCUT2D eigenvalue weighted by molar-refractivity contribution is -0.147. The molecule has 3 atom stereocenters. The summed E-state index contributed by atoms with van der Waals surface area (Å²) in [6.07, 6.45) is 3.85. The normalized spacial score (nSPS) is 16.6. The van der Waals surface area contributed by atoms with Gasteiger partial charge in [-0.05, 0) is 90.8 Å². The molecule has 0 bridgehead atoms. The highest BCUT2D eigenvalue weighted by Gasteiger charge is 2.42. The Labute approximate surface area is 205 Å². The van der Waals surface area contributed by atoms with Crippen molar-refractivity contribution >= 4 is 17.9 Å². The van der Waals surface area contributed by atoms with E-state index in [2.05, 4.69) is 17.6 Å². The predicted molar refractivity (Wildman–Crippen MR) is 134 cm³/mol. The second-order valence-electron chi connectivity index (χ2n) is 10.6. The van der Waals surface area contributed by atoms with Crippen LogP contribution in [0.2, 0.25) is 0 Å². The van der Waals surface area contributed by atoms with Crippen molar-refractivity contribution < 1.29 is 19.1 Å². The van der Waals surface area contributed by atoms with Gasteiger partial charge in [-0.1, -0.05) is 31.5 Å². The van der Waals surface area contributed by atoms with Crippen molar-refractivity contribution in [3.8, 4) is 0 Å². The van der Waals surface area contributed by atoms with Gasteiger partial charge in [0, 0.05) is 12.1 Å². The summed E-state index contributed by atoms with van der Waals surface area (Å²) in [5, 5.41) is 5.81. The van der Waals surface area contributed by atoms with Crippen LogP contribution in [0, 0.1) is 13.8 Å². The van der Waals surface area contributed by atoms with Crippen LogP contribution in [-0.2, 0) is 14.3 Å². The minimum atomic E-state index is -0.830. The maximum atomic E-state index is 13.8. The van der Waals surface area contributed by atoms with Gasteiger partial charge in [-0.15, -0.1) is 0 Å². The molecule has 1 aliphatic rings. The Morgan fingerprint density at radius 2 is 1.68 bits per heavy atom. The zero-order chi connectivity index (χ0) is 25.6. The Bertz CT molecular complexity index is 853. The number of rotatable bonds is 9. The molecule has 2 N–H and O–H groups in total. The van der Waals surface area contributed by atoms with E-state index in [4.69, 9.17) is 4.74 Å². The highest BCUT2D eigenvalue weighted by atomic mass is 16.6. The molecule has 1 saturated carbocycles. The Hall–Kier alpha value is -2.57. The van der Waals surface area contributed by atoms with Crippen molar-refractivity contribution in [2.75, 3.05) is 0 Å². The fraction of sp³-hybridized carbons (Fsp3) is 0.667. The third-order valence-electron chi connectivity index (χ3n) is 6.28. The number of hydrogen-bond acceptors (Lipinski definition) is 4. The first kappa shape index (κ1) is 27.7. The molecule has 1 aromatic rings. The molecule has 34 heavy (non-hydrogen) atoms. The Kier molecular flexibility index (Phi) is 9.54. The maximum Gasteiger partial charge on any atom is 0.408 e. The predicted octanol–water partition coefficient (Wildman–Crippen LogP) is 4.94. The van der Waals surface area contributed by atoms with Gasteiger partial charge in [0.15, 0.2) is 0 Å². The summed E-state index contributed by atoms with van der Waals surface area (Å²) >= 11 is 0. The molecule has 0 aliphatic heterocycles. The molecule has 3 amide bonds. The molecule has 1 aromatic carbocycles. The molecule has 1 fully saturated rings. The van der Waals surface area contributed by atoms with E-state index in [9.17, 15) is 14.4 Å². The lowest BCUT2D eigenvalue weighted by Gasteiger charge is -2.44. The molecule has 2 rings (SSSR count). The van der Waals surface area contributed by atoms with E-state index in [1.807, 2.05) is 39.0 Å². The highest BCUT2D eigenvalue weighted by Crippen LogP contribution is 2.36. The van der Waals surface area contributed by atoms with E-state index >= 15 is 0 Å². The number of hydrogen-bond donors (Lipinski definition) is 2. The molecule has 190 valence electrons. The number of ether oxygens (including phenoxy) is 1. The van der Waals surface area contributed by atoms with Crippen LogP contribution >= 0.6 is 0 Å². The standard InChI is InChI=1S/C27H43N3O4/c1-9-12-19(4)28-24(31)23(22-17(2)13-10-14-18(22)3)30(21-15-11-16-21)25(32)20(5)29-26(33)34-27(6,7)8/h10,13-14,19-21,23H,9,11-12,15-16H2,1-8H3,(H,28,31)(H,29,33). The molecule has 0 radical (unpaired) electrons. The molecular formula is C27H43N3O4. The van der Waals surface area contributed by atoms with Crippen LogP contribution in [0.25, 0.3) is 0 Å². The molecular weight excluding hydrogens is 430 g/mol. The molecule has 3 unspecified atom stereocenters. The van der Waals surface area contributed by atoms with Gasteiger partial charge >= 0.3 is 6.09 Å². The van der Waals surface area contributed by atoms with Crippen LogP contribution in [-0.4, -0.2) is 46.5 Å². The third-order valence-corrected chi connectivity index (χ3v) is 6.28. The number of benzene rings is 1. The van der Waals surface area contributed by atoms with Gasteiger partial charge in [0.05, 0.1) is 0 Å². The number of amides is 3. The molecule has 0 heterocycles. The average Bonchev–Trinajstić information content (AvgIpc) is 2.65. The van der Waals surface area contributed by atoms with Gasteiger partial charge in [-0.3, -0.25) is 9.59 Å². The average molecular weight is 474 g/mol. The summed E-state index contributed by atoms with van der Waals surface area (Å²) in [5.41, 5.74) is 2.12. The minimum Gasteiger partial charge on any atom is -0.444 e. The lowest BCUT2D eigenvalue weighted by atomic mass is 9.86. The van der Waals surface area contributed by atoms with Gasteiger partial charge in [-0.2, -0.15) is 0 Å². The topological polar surface area (TPSA) is 87.7 Å². The zero-order valence-corrected chi connectivity index (χ0v) is 22.2. The van der Waals surface area contributed by atoms with Gasteiger partial charge in [0.1, 0.15) is 17.7 Å². The smallest absolute Gasteiger partial charge is 0.408 e. The van der Waals surface area contributed by atoms with Crippen molar-refractivity contribution in [2.45, 2.75) is 117 Å². The van der Waals surface area contributed by atoms with Crippen molar-refractivity contribution in [3.63, 3.8) is 0 Å². The van der Waals surface area contributed by atoms with E-state index in [1.54, 1.807) is 32.6 Å². The van der Waals surface area contributed by atoms with Crippen LogP contribution in [0.15, 0.2) is 18.2 Å². The van der Waals surface area contributed by atoms with Crippen molar-refractivity contribution in [1.82, 2.24) is 15.5 Å². The SMILES string of the molecule is CCCC(C)NC(=O)C(c1c(C)cccc1C)N(C(=O)C(C)NC(=O)OC(C)(C)C)C1CCC1. The minimum absolute atomic E-state index is 0.0000195. The van der Waals surface area contributed by atoms with Crippen LogP contribution < -0.4 is 10.6 Å². The summed E-state index contributed by atoms with van der Waals surface area (Å²) in [4.78, 5) is 41.6. The fourth-order valence-corrected chi connectivity index (χ4v) is 4.43. The summed E-state index contributed by atoms with van der Waals surface area (Å²) in [7, 11) is 0. The first-order chi connectivity index (χ1) is 15.9. The van der Waals surface area contributed by atoms with Crippen LogP contribution in [0.4, 0.5) is 4.79 Å². The first-order valence-corrected chi connectivity index (χ1v) is 12.5. The summed E-state index contributed by atoms with van der Waals surface area (Å²) in [6, 6.07) is 4.27. The van der Waals surface area contributed by atoms with Crippen LogP contribution in [0.5, 0.6) is 0 Å².